The average Bonchev–Trinajstić information content (AvgIpc) is 2.69. The van der Waals surface area contributed by atoms with Gasteiger partial charge >= 0.3 is 0 Å². The third-order valence-electron chi connectivity index (χ3n) is 7.18. The highest BCUT2D eigenvalue weighted by atomic mass is 15.0. The van der Waals surface area contributed by atoms with E-state index in [1.54, 1.807) is 0 Å². The fourth-order valence-corrected chi connectivity index (χ4v) is 5.27. The zero-order valence-electron chi connectivity index (χ0n) is 19.1. The van der Waals surface area contributed by atoms with Crippen LogP contribution in [0.25, 0.3) is 0 Å². The Morgan fingerprint density at radius 2 is 0.536 bits per heavy atom. The van der Waals surface area contributed by atoms with E-state index >= 15 is 0 Å². The zero-order chi connectivity index (χ0) is 19.5. The summed E-state index contributed by atoms with van der Waals surface area (Å²) in [6.07, 6.45) is 32.4. The lowest BCUT2D eigenvalue weighted by Gasteiger charge is -2.34. The maximum atomic E-state index is 3.63. The molecular formula is C26H52N2. The second-order valence-electron chi connectivity index (χ2n) is 9.77. The Morgan fingerprint density at radius 1 is 0.286 bits per heavy atom. The molecule has 4 rings (SSSR count). The summed E-state index contributed by atoms with van der Waals surface area (Å²) in [5.41, 5.74) is 0. The number of hydrogen-bond acceptors (Lipinski definition) is 2. The van der Waals surface area contributed by atoms with Gasteiger partial charge in [-0.2, -0.15) is 0 Å². The summed E-state index contributed by atoms with van der Waals surface area (Å²) in [7, 11) is 0. The maximum absolute atomic E-state index is 3.63. The molecule has 2 atom stereocenters. The van der Waals surface area contributed by atoms with Gasteiger partial charge in [-0.1, -0.05) is 116 Å². The van der Waals surface area contributed by atoms with Gasteiger partial charge in [0.2, 0.25) is 0 Å². The van der Waals surface area contributed by atoms with Crippen molar-refractivity contribution in [2.45, 2.75) is 153 Å². The highest BCUT2D eigenvalue weighted by molar-refractivity contribution is 4.86. The number of nitrogens with one attached hydrogen (secondary N) is 2. The molecule has 166 valence electrons. The molecule has 2 saturated carbocycles. The molecule has 2 saturated heterocycles. The molecule has 4 fully saturated rings. The molecule has 2 unspecified atom stereocenters. The van der Waals surface area contributed by atoms with Crippen molar-refractivity contribution in [1.29, 1.82) is 0 Å². The van der Waals surface area contributed by atoms with E-state index in [9.17, 15) is 0 Å². The molecule has 2 aliphatic heterocycles. The van der Waals surface area contributed by atoms with Gasteiger partial charge in [-0.3, -0.25) is 0 Å². The van der Waals surface area contributed by atoms with E-state index < -0.39 is 0 Å². The Labute approximate surface area is 177 Å². The Balaban J connectivity index is 0.000000156. The molecule has 28 heavy (non-hydrogen) atoms. The van der Waals surface area contributed by atoms with Gasteiger partial charge in [-0.25, -0.2) is 0 Å². The van der Waals surface area contributed by atoms with E-state index in [2.05, 4.69) is 10.6 Å². The summed E-state index contributed by atoms with van der Waals surface area (Å²) in [4.78, 5) is 0. The predicted molar refractivity (Wildman–Crippen MR) is 125 cm³/mol. The third kappa shape index (κ3) is 12.5. The second kappa shape index (κ2) is 17.8. The van der Waals surface area contributed by atoms with Crippen LogP contribution in [0.2, 0.25) is 0 Å². The summed E-state index contributed by atoms with van der Waals surface area (Å²) in [6, 6.07) is 1.55. The number of rotatable bonds is 1. The van der Waals surface area contributed by atoms with Gasteiger partial charge in [-0.15, -0.1) is 0 Å². The SMILES string of the molecule is C1CCC(C2CCCCN2)NC1.C1CCCCCCC1.C1CCCCCCC1. The lowest BCUT2D eigenvalue weighted by Crippen LogP contribution is -2.51. The quantitative estimate of drug-likeness (QED) is 0.482. The summed E-state index contributed by atoms with van der Waals surface area (Å²) in [5.74, 6) is 0. The standard InChI is InChI=1S/C10H20N2.2C8H16/c1-3-7-11-9(5-1)10-6-2-4-8-12-10;2*1-2-4-6-8-7-5-3-1/h9-12H,1-8H2;2*1-8H2. The minimum absolute atomic E-state index is 0.777. The van der Waals surface area contributed by atoms with Gasteiger partial charge in [0.15, 0.2) is 0 Å². The molecule has 0 aromatic carbocycles. The Hall–Kier alpha value is -0.0800. The minimum Gasteiger partial charge on any atom is -0.312 e. The molecule has 0 amide bonds. The van der Waals surface area contributed by atoms with Gasteiger partial charge in [0.1, 0.15) is 0 Å². The molecule has 2 heterocycles. The van der Waals surface area contributed by atoms with Crippen LogP contribution in [0.4, 0.5) is 0 Å². The molecule has 0 bridgehead atoms. The van der Waals surface area contributed by atoms with Crippen molar-refractivity contribution in [3.63, 3.8) is 0 Å². The van der Waals surface area contributed by atoms with Gasteiger partial charge < -0.3 is 10.6 Å². The topological polar surface area (TPSA) is 24.1 Å². The highest BCUT2D eigenvalue weighted by Gasteiger charge is 2.23. The summed E-state index contributed by atoms with van der Waals surface area (Å²) in [6.45, 7) is 2.48. The summed E-state index contributed by atoms with van der Waals surface area (Å²) < 4.78 is 0. The van der Waals surface area contributed by atoms with Crippen LogP contribution in [0.15, 0.2) is 0 Å². The minimum atomic E-state index is 0.777. The van der Waals surface area contributed by atoms with Crippen LogP contribution in [0.5, 0.6) is 0 Å². The molecule has 2 heteroatoms. The maximum Gasteiger partial charge on any atom is 0.0221 e. The van der Waals surface area contributed by atoms with E-state index in [4.69, 9.17) is 0 Å². The molecule has 0 radical (unpaired) electrons. The Kier molecular flexibility index (Phi) is 15.3. The van der Waals surface area contributed by atoms with Crippen LogP contribution < -0.4 is 10.6 Å². The van der Waals surface area contributed by atoms with Crippen LogP contribution in [0.3, 0.4) is 0 Å². The highest BCUT2D eigenvalue weighted by Crippen LogP contribution is 2.17. The molecule has 0 spiro atoms. The lowest BCUT2D eigenvalue weighted by molar-refractivity contribution is 0.272. The smallest absolute Gasteiger partial charge is 0.0221 e. The van der Waals surface area contributed by atoms with E-state index in [1.165, 1.54) is 154 Å². The van der Waals surface area contributed by atoms with E-state index in [0.29, 0.717) is 0 Å². The second-order valence-corrected chi connectivity index (χ2v) is 9.77. The molecule has 0 aromatic heterocycles. The third-order valence-corrected chi connectivity index (χ3v) is 7.18. The molecule has 2 nitrogen and oxygen atoms in total. The first-order valence-corrected chi connectivity index (χ1v) is 13.4. The van der Waals surface area contributed by atoms with Crippen molar-refractivity contribution in [3.05, 3.63) is 0 Å². The van der Waals surface area contributed by atoms with E-state index in [0.717, 1.165) is 12.1 Å². The van der Waals surface area contributed by atoms with Gasteiger partial charge in [0, 0.05) is 12.1 Å². The predicted octanol–water partition coefficient (Wildman–Crippen LogP) is 7.51. The fraction of sp³-hybridized carbons (Fsp3) is 1.00. The Bertz CT molecular complexity index is 238. The van der Waals surface area contributed by atoms with Crippen molar-refractivity contribution in [2.24, 2.45) is 0 Å². The summed E-state index contributed by atoms with van der Waals surface area (Å²) in [5, 5.41) is 7.25. The van der Waals surface area contributed by atoms with Crippen molar-refractivity contribution < 1.29 is 0 Å². The van der Waals surface area contributed by atoms with Gasteiger partial charge in [-0.05, 0) is 38.8 Å². The molecular weight excluding hydrogens is 340 g/mol. The first kappa shape index (κ1) is 24.2. The van der Waals surface area contributed by atoms with Crippen LogP contribution in [-0.4, -0.2) is 25.2 Å². The Morgan fingerprint density at radius 3 is 0.714 bits per heavy atom. The fourth-order valence-electron chi connectivity index (χ4n) is 5.27. The van der Waals surface area contributed by atoms with Crippen molar-refractivity contribution in [3.8, 4) is 0 Å². The number of hydrogen-bond donors (Lipinski definition) is 2. The zero-order valence-corrected chi connectivity index (χ0v) is 19.1. The van der Waals surface area contributed by atoms with Gasteiger partial charge in [0.05, 0.1) is 0 Å². The molecule has 4 aliphatic rings. The van der Waals surface area contributed by atoms with Crippen LogP contribution in [-0.2, 0) is 0 Å². The number of piperidine rings is 2. The normalized spacial score (nSPS) is 30.0. The first-order chi connectivity index (χ1) is 14.0. The molecule has 2 aliphatic carbocycles. The lowest BCUT2D eigenvalue weighted by atomic mass is 9.92. The van der Waals surface area contributed by atoms with Crippen molar-refractivity contribution >= 4 is 0 Å². The molecule has 2 N–H and O–H groups in total. The van der Waals surface area contributed by atoms with Gasteiger partial charge in [0.25, 0.3) is 0 Å². The van der Waals surface area contributed by atoms with Crippen molar-refractivity contribution in [1.82, 2.24) is 10.6 Å². The first-order valence-electron chi connectivity index (χ1n) is 13.4. The molecule has 0 aromatic rings. The monoisotopic (exact) mass is 392 g/mol. The summed E-state index contributed by atoms with van der Waals surface area (Å²) >= 11 is 0. The van der Waals surface area contributed by atoms with E-state index in [-0.39, 0.29) is 0 Å². The van der Waals surface area contributed by atoms with Crippen LogP contribution in [0, 0.1) is 0 Å². The van der Waals surface area contributed by atoms with Crippen LogP contribution in [0.1, 0.15) is 141 Å². The van der Waals surface area contributed by atoms with Crippen molar-refractivity contribution in [2.75, 3.05) is 13.1 Å². The largest absolute Gasteiger partial charge is 0.312 e. The van der Waals surface area contributed by atoms with E-state index in [1.807, 2.05) is 0 Å². The van der Waals surface area contributed by atoms with Crippen LogP contribution >= 0.6 is 0 Å². The average molecular weight is 393 g/mol.